The van der Waals surface area contributed by atoms with Gasteiger partial charge >= 0.3 is 0 Å². The fourth-order valence-electron chi connectivity index (χ4n) is 2.98. The molecule has 0 unspecified atom stereocenters. The largest absolute Gasteiger partial charge is 0.497 e. The number of nitrogens with zero attached hydrogens (tertiary/aromatic N) is 1. The van der Waals surface area contributed by atoms with Crippen molar-refractivity contribution in [1.29, 1.82) is 0 Å². The summed E-state index contributed by atoms with van der Waals surface area (Å²) in [5.41, 5.74) is 1.19. The highest BCUT2D eigenvalue weighted by atomic mass is 16.5. The molecule has 0 bridgehead atoms. The summed E-state index contributed by atoms with van der Waals surface area (Å²) in [5, 5.41) is 3.51. The third-order valence-electron chi connectivity index (χ3n) is 4.33. The standard InChI is InChI=1S/C17H28N2O2/c1-19(15-6-4-5-7-15)9-8-18-13-14-10-16(20-2)12-17(11-14)21-3/h10-12,15,18H,4-9,13H2,1-3H3. The topological polar surface area (TPSA) is 33.7 Å². The van der Waals surface area contributed by atoms with Gasteiger partial charge in [0.1, 0.15) is 11.5 Å². The van der Waals surface area contributed by atoms with Crippen molar-refractivity contribution in [3.63, 3.8) is 0 Å². The van der Waals surface area contributed by atoms with E-state index in [0.717, 1.165) is 37.2 Å². The van der Waals surface area contributed by atoms with E-state index >= 15 is 0 Å². The third-order valence-corrected chi connectivity index (χ3v) is 4.33. The molecule has 4 heteroatoms. The third kappa shape index (κ3) is 4.90. The fourth-order valence-corrected chi connectivity index (χ4v) is 2.98. The maximum atomic E-state index is 5.29. The number of hydrogen-bond donors (Lipinski definition) is 1. The summed E-state index contributed by atoms with van der Waals surface area (Å²) in [4.78, 5) is 2.49. The summed E-state index contributed by atoms with van der Waals surface area (Å²) in [6.07, 6.45) is 5.52. The molecule has 1 fully saturated rings. The molecule has 0 amide bonds. The van der Waals surface area contributed by atoms with Gasteiger partial charge in [0, 0.05) is 31.7 Å². The van der Waals surface area contributed by atoms with Crippen molar-refractivity contribution in [2.75, 3.05) is 34.4 Å². The molecule has 1 saturated carbocycles. The van der Waals surface area contributed by atoms with E-state index in [0.29, 0.717) is 0 Å². The second-order valence-electron chi connectivity index (χ2n) is 5.82. The first-order valence-corrected chi connectivity index (χ1v) is 7.86. The summed E-state index contributed by atoms with van der Waals surface area (Å²) < 4.78 is 10.6. The van der Waals surface area contributed by atoms with Crippen molar-refractivity contribution < 1.29 is 9.47 Å². The summed E-state index contributed by atoms with van der Waals surface area (Å²) in [5.74, 6) is 1.68. The van der Waals surface area contributed by atoms with Crippen LogP contribution < -0.4 is 14.8 Å². The van der Waals surface area contributed by atoms with Crippen LogP contribution in [0.5, 0.6) is 11.5 Å². The van der Waals surface area contributed by atoms with E-state index in [1.165, 1.54) is 31.2 Å². The molecular weight excluding hydrogens is 264 g/mol. The Morgan fingerprint density at radius 2 is 1.71 bits per heavy atom. The predicted molar refractivity (Wildman–Crippen MR) is 86.1 cm³/mol. The molecule has 21 heavy (non-hydrogen) atoms. The first-order valence-electron chi connectivity index (χ1n) is 7.86. The second kappa shape index (κ2) is 8.25. The molecule has 0 radical (unpaired) electrons. The normalized spacial score (nSPS) is 15.6. The number of hydrogen-bond acceptors (Lipinski definition) is 4. The minimum absolute atomic E-state index is 0.795. The molecule has 1 aromatic carbocycles. The molecule has 1 aromatic rings. The highest BCUT2D eigenvalue weighted by Gasteiger charge is 2.18. The van der Waals surface area contributed by atoms with E-state index in [-0.39, 0.29) is 0 Å². The fraction of sp³-hybridized carbons (Fsp3) is 0.647. The van der Waals surface area contributed by atoms with Crippen molar-refractivity contribution in [2.45, 2.75) is 38.3 Å². The number of nitrogens with one attached hydrogen (secondary N) is 1. The van der Waals surface area contributed by atoms with Crippen molar-refractivity contribution in [3.05, 3.63) is 23.8 Å². The number of methoxy groups -OCH3 is 2. The van der Waals surface area contributed by atoms with E-state index in [4.69, 9.17) is 9.47 Å². The molecule has 0 aromatic heterocycles. The van der Waals surface area contributed by atoms with Gasteiger partial charge in [-0.15, -0.1) is 0 Å². The summed E-state index contributed by atoms with van der Waals surface area (Å²) in [6, 6.07) is 6.80. The lowest BCUT2D eigenvalue weighted by Gasteiger charge is -2.24. The van der Waals surface area contributed by atoms with Crippen LogP contribution in [-0.4, -0.2) is 45.3 Å². The van der Waals surface area contributed by atoms with Crippen molar-refractivity contribution >= 4 is 0 Å². The highest BCUT2D eigenvalue weighted by Crippen LogP contribution is 2.23. The number of likely N-dealkylation sites (N-methyl/N-ethyl adjacent to an activating group) is 1. The Bertz CT molecular complexity index is 409. The van der Waals surface area contributed by atoms with E-state index in [9.17, 15) is 0 Å². The van der Waals surface area contributed by atoms with Gasteiger partial charge in [0.2, 0.25) is 0 Å². The summed E-state index contributed by atoms with van der Waals surface area (Å²) in [7, 11) is 5.61. The smallest absolute Gasteiger partial charge is 0.122 e. The maximum Gasteiger partial charge on any atom is 0.122 e. The quantitative estimate of drug-likeness (QED) is 0.747. The van der Waals surface area contributed by atoms with Crippen LogP contribution in [0.25, 0.3) is 0 Å². The van der Waals surface area contributed by atoms with Crippen LogP contribution >= 0.6 is 0 Å². The van der Waals surface area contributed by atoms with Crippen molar-refractivity contribution in [3.8, 4) is 11.5 Å². The molecule has 1 aliphatic carbocycles. The number of benzene rings is 1. The Balaban J connectivity index is 1.75. The van der Waals surface area contributed by atoms with Gasteiger partial charge in [-0.1, -0.05) is 12.8 Å². The SMILES string of the molecule is COc1cc(CNCCN(C)C2CCCC2)cc(OC)c1. The zero-order valence-electron chi connectivity index (χ0n) is 13.5. The lowest BCUT2D eigenvalue weighted by atomic mass is 10.2. The molecule has 1 aliphatic rings. The minimum atomic E-state index is 0.795. The first kappa shape index (κ1) is 16.1. The molecule has 1 N–H and O–H groups in total. The van der Waals surface area contributed by atoms with Gasteiger partial charge in [0.25, 0.3) is 0 Å². The molecule has 4 nitrogen and oxygen atoms in total. The van der Waals surface area contributed by atoms with Crippen LogP contribution in [0.3, 0.4) is 0 Å². The van der Waals surface area contributed by atoms with Gasteiger partial charge in [0.15, 0.2) is 0 Å². The van der Waals surface area contributed by atoms with Gasteiger partial charge in [-0.05, 0) is 37.6 Å². The Labute approximate surface area is 128 Å². The molecule has 0 atom stereocenters. The monoisotopic (exact) mass is 292 g/mol. The molecule has 2 rings (SSSR count). The molecule has 0 saturated heterocycles. The van der Waals surface area contributed by atoms with Crippen LogP contribution in [0, 0.1) is 0 Å². The number of ether oxygens (including phenoxy) is 2. The van der Waals surface area contributed by atoms with Gasteiger partial charge < -0.3 is 19.7 Å². The Hall–Kier alpha value is -1.26. The summed E-state index contributed by atoms with van der Waals surface area (Å²) >= 11 is 0. The second-order valence-corrected chi connectivity index (χ2v) is 5.82. The van der Waals surface area contributed by atoms with Crippen LogP contribution in [0.2, 0.25) is 0 Å². The predicted octanol–water partition coefficient (Wildman–Crippen LogP) is 2.67. The average molecular weight is 292 g/mol. The van der Waals surface area contributed by atoms with Gasteiger partial charge in [-0.25, -0.2) is 0 Å². The zero-order chi connectivity index (χ0) is 15.1. The van der Waals surface area contributed by atoms with Crippen LogP contribution in [0.15, 0.2) is 18.2 Å². The minimum Gasteiger partial charge on any atom is -0.497 e. The molecule has 0 spiro atoms. The van der Waals surface area contributed by atoms with E-state index in [1.54, 1.807) is 14.2 Å². The van der Waals surface area contributed by atoms with Gasteiger partial charge in [-0.2, -0.15) is 0 Å². The van der Waals surface area contributed by atoms with Gasteiger partial charge in [-0.3, -0.25) is 0 Å². The van der Waals surface area contributed by atoms with E-state index < -0.39 is 0 Å². The Morgan fingerprint density at radius 1 is 1.10 bits per heavy atom. The van der Waals surface area contributed by atoms with Crippen molar-refractivity contribution in [1.82, 2.24) is 10.2 Å². The molecular formula is C17H28N2O2. The van der Waals surface area contributed by atoms with Crippen LogP contribution in [0.4, 0.5) is 0 Å². The van der Waals surface area contributed by atoms with Crippen LogP contribution in [0.1, 0.15) is 31.2 Å². The van der Waals surface area contributed by atoms with Crippen molar-refractivity contribution in [2.24, 2.45) is 0 Å². The number of rotatable bonds is 8. The molecule has 0 heterocycles. The maximum absolute atomic E-state index is 5.29. The van der Waals surface area contributed by atoms with Gasteiger partial charge in [0.05, 0.1) is 14.2 Å². The Kier molecular flexibility index (Phi) is 6.33. The van der Waals surface area contributed by atoms with E-state index in [1.807, 2.05) is 6.07 Å². The lowest BCUT2D eigenvalue weighted by molar-refractivity contribution is 0.245. The molecule has 0 aliphatic heterocycles. The lowest BCUT2D eigenvalue weighted by Crippen LogP contribution is -2.35. The average Bonchev–Trinajstić information content (AvgIpc) is 3.05. The highest BCUT2D eigenvalue weighted by molar-refractivity contribution is 5.38. The molecule has 118 valence electrons. The Morgan fingerprint density at radius 3 is 2.29 bits per heavy atom. The zero-order valence-corrected chi connectivity index (χ0v) is 13.5. The van der Waals surface area contributed by atoms with Crippen LogP contribution in [-0.2, 0) is 6.54 Å². The van der Waals surface area contributed by atoms with E-state index in [2.05, 4.69) is 29.4 Å². The summed E-state index contributed by atoms with van der Waals surface area (Å²) in [6.45, 7) is 2.95. The first-order chi connectivity index (χ1) is 10.2.